The van der Waals surface area contributed by atoms with E-state index in [4.69, 9.17) is 10.7 Å². The van der Waals surface area contributed by atoms with Gasteiger partial charge in [-0.25, -0.2) is 0 Å². The van der Waals surface area contributed by atoms with E-state index in [1.165, 1.54) is 19.5 Å². The number of para-hydroxylation sites is 1. The number of benzene rings is 1. The van der Waals surface area contributed by atoms with Crippen molar-refractivity contribution in [2.24, 2.45) is 5.92 Å². The van der Waals surface area contributed by atoms with E-state index in [9.17, 15) is 0 Å². The van der Waals surface area contributed by atoms with Crippen molar-refractivity contribution in [3.05, 3.63) is 36.0 Å². The van der Waals surface area contributed by atoms with Crippen LogP contribution in [0.25, 0.3) is 10.9 Å². The largest absolute Gasteiger partial charge is 0.398 e. The summed E-state index contributed by atoms with van der Waals surface area (Å²) in [6.07, 6.45) is 1.30. The highest BCUT2D eigenvalue weighted by Crippen LogP contribution is 2.21. The van der Waals surface area contributed by atoms with E-state index in [2.05, 4.69) is 23.9 Å². The molecule has 1 atom stereocenters. The van der Waals surface area contributed by atoms with Crippen LogP contribution in [0.3, 0.4) is 0 Å². The van der Waals surface area contributed by atoms with Crippen LogP contribution >= 0.6 is 0 Å². The quantitative estimate of drug-likeness (QED) is 0.935. The van der Waals surface area contributed by atoms with E-state index >= 15 is 0 Å². The van der Waals surface area contributed by atoms with Gasteiger partial charge in [0.25, 0.3) is 0 Å². The fourth-order valence-electron chi connectivity index (χ4n) is 3.30. The summed E-state index contributed by atoms with van der Waals surface area (Å²) in [7, 11) is 4.37. The first-order chi connectivity index (χ1) is 10.1. The molecule has 0 amide bonds. The summed E-state index contributed by atoms with van der Waals surface area (Å²) < 4.78 is 0. The lowest BCUT2D eigenvalue weighted by Gasteiger charge is -2.21. The molecule has 1 aromatic heterocycles. The van der Waals surface area contributed by atoms with Crippen molar-refractivity contribution in [1.29, 1.82) is 0 Å². The van der Waals surface area contributed by atoms with Crippen molar-refractivity contribution >= 4 is 16.6 Å². The van der Waals surface area contributed by atoms with Crippen molar-refractivity contribution in [3.8, 4) is 0 Å². The van der Waals surface area contributed by atoms with Crippen LogP contribution in [0.4, 0.5) is 5.69 Å². The summed E-state index contributed by atoms with van der Waals surface area (Å²) in [6.45, 7) is 4.41. The zero-order valence-electron chi connectivity index (χ0n) is 12.9. The lowest BCUT2D eigenvalue weighted by atomic mass is 10.1. The molecule has 0 saturated carbocycles. The van der Waals surface area contributed by atoms with Gasteiger partial charge in [0.1, 0.15) is 0 Å². The maximum atomic E-state index is 6.15. The van der Waals surface area contributed by atoms with Gasteiger partial charge < -0.3 is 15.5 Å². The Balaban J connectivity index is 1.69. The summed E-state index contributed by atoms with van der Waals surface area (Å²) in [5.41, 5.74) is 9.02. The number of rotatable bonds is 4. The molecule has 0 bridgehead atoms. The molecular formula is C17H24N4. The van der Waals surface area contributed by atoms with Crippen molar-refractivity contribution in [2.45, 2.75) is 13.0 Å². The highest BCUT2D eigenvalue weighted by molar-refractivity contribution is 5.90. The van der Waals surface area contributed by atoms with Crippen molar-refractivity contribution in [2.75, 3.05) is 39.5 Å². The SMILES string of the molecule is CN1CCC(CN(C)Cc2cc(N)c3ccccc3n2)C1. The molecule has 1 aliphatic rings. The maximum absolute atomic E-state index is 6.15. The van der Waals surface area contributed by atoms with Gasteiger partial charge in [0.15, 0.2) is 0 Å². The highest BCUT2D eigenvalue weighted by atomic mass is 15.2. The molecule has 1 aliphatic heterocycles. The average Bonchev–Trinajstić information content (AvgIpc) is 2.84. The van der Waals surface area contributed by atoms with Crippen LogP contribution in [0.15, 0.2) is 30.3 Å². The molecule has 112 valence electrons. The van der Waals surface area contributed by atoms with Gasteiger partial charge in [0.05, 0.1) is 11.2 Å². The third kappa shape index (κ3) is 3.34. The average molecular weight is 284 g/mol. The van der Waals surface area contributed by atoms with Gasteiger partial charge in [0, 0.05) is 30.7 Å². The molecule has 3 rings (SSSR count). The van der Waals surface area contributed by atoms with Crippen molar-refractivity contribution in [3.63, 3.8) is 0 Å². The molecule has 2 heterocycles. The van der Waals surface area contributed by atoms with Gasteiger partial charge in [-0.3, -0.25) is 4.98 Å². The first-order valence-corrected chi connectivity index (χ1v) is 7.63. The molecule has 4 nitrogen and oxygen atoms in total. The lowest BCUT2D eigenvalue weighted by molar-refractivity contribution is 0.265. The summed E-state index contributed by atoms with van der Waals surface area (Å²) in [5.74, 6) is 0.776. The molecule has 0 aliphatic carbocycles. The number of pyridine rings is 1. The molecule has 4 heteroatoms. The number of nitrogens with zero attached hydrogens (tertiary/aromatic N) is 3. The Kier molecular flexibility index (Phi) is 4.08. The van der Waals surface area contributed by atoms with Crippen LogP contribution in [-0.4, -0.2) is 48.5 Å². The van der Waals surface area contributed by atoms with Crippen LogP contribution < -0.4 is 5.73 Å². The number of likely N-dealkylation sites (tertiary alicyclic amines) is 1. The molecule has 1 unspecified atom stereocenters. The lowest BCUT2D eigenvalue weighted by Crippen LogP contribution is -2.27. The Labute approximate surface area is 126 Å². The summed E-state index contributed by atoms with van der Waals surface area (Å²) in [4.78, 5) is 9.50. The van der Waals surface area contributed by atoms with E-state index < -0.39 is 0 Å². The minimum absolute atomic E-state index is 0.776. The van der Waals surface area contributed by atoms with Crippen molar-refractivity contribution in [1.82, 2.24) is 14.8 Å². The molecule has 2 N–H and O–H groups in total. The second-order valence-corrected chi connectivity index (χ2v) is 6.33. The number of anilines is 1. The summed E-state index contributed by atoms with van der Waals surface area (Å²) in [5, 5.41) is 1.04. The fraction of sp³-hybridized carbons (Fsp3) is 0.471. The predicted octanol–water partition coefficient (Wildman–Crippen LogP) is 2.20. The first kappa shape index (κ1) is 14.3. The monoisotopic (exact) mass is 284 g/mol. The Bertz CT molecular complexity index is 625. The standard InChI is InChI=1S/C17H24N4/c1-20-8-7-13(10-20)11-21(2)12-14-9-16(18)15-5-3-4-6-17(15)19-14/h3-6,9,13H,7-8,10-12H2,1-2H3,(H2,18,19). The smallest absolute Gasteiger partial charge is 0.0726 e. The van der Waals surface area contributed by atoms with Crippen molar-refractivity contribution < 1.29 is 0 Å². The molecule has 1 saturated heterocycles. The van der Waals surface area contributed by atoms with Gasteiger partial charge in [0.2, 0.25) is 0 Å². The zero-order chi connectivity index (χ0) is 14.8. The summed E-state index contributed by atoms with van der Waals surface area (Å²) >= 11 is 0. The van der Waals surface area contributed by atoms with E-state index in [0.717, 1.165) is 41.3 Å². The second kappa shape index (κ2) is 6.00. The molecule has 21 heavy (non-hydrogen) atoms. The third-order valence-electron chi connectivity index (χ3n) is 4.29. The number of nitrogens with two attached hydrogens (primary N) is 1. The van der Waals surface area contributed by atoms with Crippen LogP contribution in [0.2, 0.25) is 0 Å². The Morgan fingerprint density at radius 2 is 2.19 bits per heavy atom. The maximum Gasteiger partial charge on any atom is 0.0726 e. The van der Waals surface area contributed by atoms with E-state index in [1.54, 1.807) is 0 Å². The van der Waals surface area contributed by atoms with E-state index in [-0.39, 0.29) is 0 Å². The second-order valence-electron chi connectivity index (χ2n) is 6.33. The highest BCUT2D eigenvalue weighted by Gasteiger charge is 2.20. The van der Waals surface area contributed by atoms with Gasteiger partial charge in [-0.1, -0.05) is 18.2 Å². The molecule has 0 spiro atoms. The normalized spacial score (nSPS) is 19.7. The minimum Gasteiger partial charge on any atom is -0.398 e. The minimum atomic E-state index is 0.776. The van der Waals surface area contributed by atoms with Crippen LogP contribution in [-0.2, 0) is 6.54 Å². The molecule has 1 fully saturated rings. The van der Waals surface area contributed by atoms with Gasteiger partial charge in [-0.05, 0) is 45.1 Å². The zero-order valence-corrected chi connectivity index (χ0v) is 12.9. The number of hydrogen-bond acceptors (Lipinski definition) is 4. The molecule has 0 radical (unpaired) electrons. The fourth-order valence-corrected chi connectivity index (χ4v) is 3.30. The third-order valence-corrected chi connectivity index (χ3v) is 4.29. The van der Waals surface area contributed by atoms with Crippen LogP contribution in [0.5, 0.6) is 0 Å². The Morgan fingerprint density at radius 3 is 2.95 bits per heavy atom. The molecule has 2 aromatic rings. The molecular weight excluding hydrogens is 260 g/mol. The van der Waals surface area contributed by atoms with Crippen LogP contribution in [0, 0.1) is 5.92 Å². The van der Waals surface area contributed by atoms with Gasteiger partial charge in [-0.15, -0.1) is 0 Å². The van der Waals surface area contributed by atoms with Crippen LogP contribution in [0.1, 0.15) is 12.1 Å². The first-order valence-electron chi connectivity index (χ1n) is 7.63. The molecule has 1 aromatic carbocycles. The number of fused-ring (bicyclic) bond motifs is 1. The number of aromatic nitrogens is 1. The Morgan fingerprint density at radius 1 is 1.38 bits per heavy atom. The number of nitrogen functional groups attached to an aromatic ring is 1. The van der Waals surface area contributed by atoms with E-state index in [1.807, 2.05) is 30.3 Å². The Hall–Kier alpha value is -1.65. The predicted molar refractivity (Wildman–Crippen MR) is 88.1 cm³/mol. The topological polar surface area (TPSA) is 45.4 Å². The van der Waals surface area contributed by atoms with E-state index in [0.29, 0.717) is 0 Å². The number of hydrogen-bond donors (Lipinski definition) is 1. The van der Waals surface area contributed by atoms with Gasteiger partial charge >= 0.3 is 0 Å². The summed E-state index contributed by atoms with van der Waals surface area (Å²) in [6, 6.07) is 10.1. The van der Waals surface area contributed by atoms with Gasteiger partial charge in [-0.2, -0.15) is 0 Å².